The Hall–Kier alpha value is -3.61. The van der Waals surface area contributed by atoms with Gasteiger partial charge in [-0.15, -0.1) is 0 Å². The second-order valence-electron chi connectivity index (χ2n) is 9.24. The Morgan fingerprint density at radius 1 is 1.38 bits per heavy atom. The molecule has 2 heterocycles. The standard InChI is InChI=1S/C24H24F3N5O2/c1-23(14-31-15-30-19-5-4-16(11-28)9-20(19)31)7-2-3-17(10-23)13-32(22(33)34)21-12-29-8-6-18(21)24(25,26)27/h4-6,8-9,12,15,17H,2-3,7,10,13-14H2,1H3,(H,33,34). The van der Waals surface area contributed by atoms with Crippen LogP contribution in [0, 0.1) is 22.7 Å². The number of hydrogen-bond acceptors (Lipinski definition) is 4. The lowest BCUT2D eigenvalue weighted by Crippen LogP contribution is -2.40. The van der Waals surface area contributed by atoms with Crippen molar-refractivity contribution in [1.82, 2.24) is 14.5 Å². The summed E-state index contributed by atoms with van der Waals surface area (Å²) in [7, 11) is 0. The number of pyridine rings is 1. The number of nitrogens with zero attached hydrogens (tertiary/aromatic N) is 5. The third kappa shape index (κ3) is 4.83. The van der Waals surface area contributed by atoms with Crippen LogP contribution < -0.4 is 4.90 Å². The SMILES string of the molecule is CC1(Cn2cnc3ccc(C#N)cc32)CCCC(CN(C(=O)O)c2cnccc2C(F)(F)F)C1. The number of nitriles is 1. The van der Waals surface area contributed by atoms with E-state index in [1.54, 1.807) is 24.5 Å². The van der Waals surface area contributed by atoms with Crippen molar-refractivity contribution >= 4 is 22.8 Å². The van der Waals surface area contributed by atoms with E-state index in [1.165, 1.54) is 0 Å². The molecule has 0 bridgehead atoms. The van der Waals surface area contributed by atoms with Crippen LogP contribution in [0.5, 0.6) is 0 Å². The third-order valence-corrected chi connectivity index (χ3v) is 6.54. The number of alkyl halides is 3. The zero-order valence-electron chi connectivity index (χ0n) is 18.6. The van der Waals surface area contributed by atoms with Gasteiger partial charge in [-0.1, -0.05) is 13.3 Å². The molecule has 1 fully saturated rings. The van der Waals surface area contributed by atoms with Gasteiger partial charge in [0.05, 0.1) is 46.4 Å². The maximum atomic E-state index is 13.5. The minimum absolute atomic E-state index is 0.0387. The molecule has 7 nitrogen and oxygen atoms in total. The summed E-state index contributed by atoms with van der Waals surface area (Å²) >= 11 is 0. The van der Waals surface area contributed by atoms with Gasteiger partial charge in [0.1, 0.15) is 0 Å². The summed E-state index contributed by atoms with van der Waals surface area (Å²) in [5, 5.41) is 19.0. The molecule has 2 aromatic heterocycles. The van der Waals surface area contributed by atoms with Crippen molar-refractivity contribution in [3.05, 3.63) is 54.1 Å². The number of imidazole rings is 1. The van der Waals surface area contributed by atoms with Crippen molar-refractivity contribution in [3.63, 3.8) is 0 Å². The molecule has 1 aliphatic rings. The van der Waals surface area contributed by atoms with E-state index in [0.29, 0.717) is 18.5 Å². The fourth-order valence-corrected chi connectivity index (χ4v) is 5.06. The molecule has 0 aliphatic heterocycles. The molecular weight excluding hydrogens is 447 g/mol. The molecule has 178 valence electrons. The number of carbonyl (C=O) groups is 1. The van der Waals surface area contributed by atoms with Crippen molar-refractivity contribution in [1.29, 1.82) is 5.26 Å². The first-order chi connectivity index (χ1) is 16.1. The summed E-state index contributed by atoms with van der Waals surface area (Å²) in [5.74, 6) is -0.111. The van der Waals surface area contributed by atoms with Crippen molar-refractivity contribution < 1.29 is 23.1 Å². The van der Waals surface area contributed by atoms with Crippen molar-refractivity contribution in [2.45, 2.75) is 45.3 Å². The minimum Gasteiger partial charge on any atom is -0.465 e. The smallest absolute Gasteiger partial charge is 0.418 e. The molecule has 2 unspecified atom stereocenters. The quantitative estimate of drug-likeness (QED) is 0.515. The third-order valence-electron chi connectivity index (χ3n) is 6.54. The molecule has 34 heavy (non-hydrogen) atoms. The number of carboxylic acid groups (broad SMARTS) is 1. The van der Waals surface area contributed by atoms with Gasteiger partial charge in [-0.25, -0.2) is 9.78 Å². The molecular formula is C24H24F3N5O2. The second-order valence-corrected chi connectivity index (χ2v) is 9.24. The highest BCUT2D eigenvalue weighted by molar-refractivity contribution is 5.87. The van der Waals surface area contributed by atoms with Crippen LogP contribution in [0.4, 0.5) is 23.7 Å². The first-order valence-electron chi connectivity index (χ1n) is 11.0. The van der Waals surface area contributed by atoms with Crippen molar-refractivity contribution in [2.75, 3.05) is 11.4 Å². The van der Waals surface area contributed by atoms with Crippen LogP contribution >= 0.6 is 0 Å². The van der Waals surface area contributed by atoms with Gasteiger partial charge >= 0.3 is 12.3 Å². The van der Waals surface area contributed by atoms with Crippen LogP contribution in [0.1, 0.15) is 43.7 Å². The molecule has 1 saturated carbocycles. The highest BCUT2D eigenvalue weighted by Crippen LogP contribution is 2.42. The first-order valence-corrected chi connectivity index (χ1v) is 11.0. The first kappa shape index (κ1) is 23.5. The Balaban J connectivity index is 1.56. The van der Waals surface area contributed by atoms with Crippen molar-refractivity contribution in [2.24, 2.45) is 11.3 Å². The number of aromatic nitrogens is 3. The Morgan fingerprint density at radius 2 is 2.18 bits per heavy atom. The minimum atomic E-state index is -4.68. The summed E-state index contributed by atoms with van der Waals surface area (Å²) in [6, 6.07) is 8.24. The fourth-order valence-electron chi connectivity index (χ4n) is 5.06. The zero-order valence-corrected chi connectivity index (χ0v) is 18.6. The van der Waals surface area contributed by atoms with Gasteiger partial charge in [0, 0.05) is 19.3 Å². The lowest BCUT2D eigenvalue weighted by molar-refractivity contribution is -0.137. The summed E-state index contributed by atoms with van der Waals surface area (Å²) in [6.45, 7) is 2.68. The number of halogens is 3. The average molecular weight is 471 g/mol. The van der Waals surface area contributed by atoms with Gasteiger partial charge in [0.15, 0.2) is 0 Å². The highest BCUT2D eigenvalue weighted by Gasteiger charge is 2.39. The summed E-state index contributed by atoms with van der Waals surface area (Å²) < 4.78 is 42.5. The van der Waals surface area contributed by atoms with Crippen LogP contribution in [0.2, 0.25) is 0 Å². The molecule has 0 radical (unpaired) electrons. The highest BCUT2D eigenvalue weighted by atomic mass is 19.4. The molecule has 1 amide bonds. The van der Waals surface area contributed by atoms with E-state index in [0.717, 1.165) is 53.7 Å². The number of fused-ring (bicyclic) bond motifs is 1. The van der Waals surface area contributed by atoms with Crippen LogP contribution in [0.15, 0.2) is 43.0 Å². The average Bonchev–Trinajstić information content (AvgIpc) is 3.18. The summed E-state index contributed by atoms with van der Waals surface area (Å²) in [5.41, 5.74) is 0.504. The van der Waals surface area contributed by atoms with E-state index < -0.39 is 23.5 Å². The normalized spacial score (nSPS) is 20.7. The Morgan fingerprint density at radius 3 is 2.88 bits per heavy atom. The van der Waals surface area contributed by atoms with E-state index in [2.05, 4.69) is 23.0 Å². The lowest BCUT2D eigenvalue weighted by Gasteiger charge is -2.40. The monoisotopic (exact) mass is 471 g/mol. The molecule has 1 N–H and O–H groups in total. The van der Waals surface area contributed by atoms with Crippen molar-refractivity contribution in [3.8, 4) is 6.07 Å². The molecule has 2 atom stereocenters. The second kappa shape index (κ2) is 8.97. The lowest BCUT2D eigenvalue weighted by atomic mass is 9.70. The number of amides is 1. The van der Waals surface area contributed by atoms with E-state index in [9.17, 15) is 28.3 Å². The van der Waals surface area contributed by atoms with Crippen LogP contribution in [-0.2, 0) is 12.7 Å². The molecule has 0 spiro atoms. The maximum absolute atomic E-state index is 13.5. The number of anilines is 1. The maximum Gasteiger partial charge on any atom is 0.418 e. The molecule has 3 aromatic rings. The number of benzene rings is 1. The Kier molecular flexibility index (Phi) is 6.21. The van der Waals surface area contributed by atoms with Gasteiger partial charge < -0.3 is 9.67 Å². The van der Waals surface area contributed by atoms with E-state index in [-0.39, 0.29) is 17.9 Å². The molecule has 0 saturated heterocycles. The van der Waals surface area contributed by atoms with Gasteiger partial charge in [0.2, 0.25) is 0 Å². The van der Waals surface area contributed by atoms with E-state index in [4.69, 9.17) is 0 Å². The zero-order chi connectivity index (χ0) is 24.5. The van der Waals surface area contributed by atoms with Gasteiger partial charge in [0.25, 0.3) is 0 Å². The predicted octanol–water partition coefficient (Wildman–Crippen LogP) is 5.70. The fraction of sp³-hybridized carbons (Fsp3) is 0.417. The van der Waals surface area contributed by atoms with Gasteiger partial charge in [-0.2, -0.15) is 18.4 Å². The molecule has 1 aromatic carbocycles. The van der Waals surface area contributed by atoms with E-state index in [1.807, 2.05) is 4.57 Å². The topological polar surface area (TPSA) is 95.0 Å². The van der Waals surface area contributed by atoms with E-state index >= 15 is 0 Å². The number of rotatable bonds is 5. The number of hydrogen-bond donors (Lipinski definition) is 1. The largest absolute Gasteiger partial charge is 0.465 e. The van der Waals surface area contributed by atoms with Gasteiger partial charge in [-0.3, -0.25) is 9.88 Å². The summed E-state index contributed by atoms with van der Waals surface area (Å²) in [6.07, 6.45) is 0.697. The summed E-state index contributed by atoms with van der Waals surface area (Å²) in [4.78, 5) is 20.9. The predicted molar refractivity (Wildman–Crippen MR) is 119 cm³/mol. The Bertz CT molecular complexity index is 1250. The molecule has 4 rings (SSSR count). The van der Waals surface area contributed by atoms with Crippen LogP contribution in [-0.4, -0.2) is 32.3 Å². The molecule has 10 heteroatoms. The Labute approximate surface area is 194 Å². The molecule has 1 aliphatic carbocycles. The van der Waals surface area contributed by atoms with Crippen LogP contribution in [0.25, 0.3) is 11.0 Å². The van der Waals surface area contributed by atoms with Gasteiger partial charge in [-0.05, 0) is 54.9 Å². The van der Waals surface area contributed by atoms with Crippen LogP contribution in [0.3, 0.4) is 0 Å².